The molecule has 1 saturated heterocycles. The lowest BCUT2D eigenvalue weighted by atomic mass is 10.2. The number of terminal acetylenes is 1. The molecule has 80 valence electrons. The van der Waals surface area contributed by atoms with Crippen LogP contribution >= 0.6 is 0 Å². The molecule has 0 aliphatic carbocycles. The van der Waals surface area contributed by atoms with Gasteiger partial charge in [0.1, 0.15) is 0 Å². The summed E-state index contributed by atoms with van der Waals surface area (Å²) in [7, 11) is 2.15. The van der Waals surface area contributed by atoms with Gasteiger partial charge in [-0.15, -0.1) is 6.42 Å². The Morgan fingerprint density at radius 2 is 2.50 bits per heavy atom. The van der Waals surface area contributed by atoms with Crippen molar-refractivity contribution in [1.82, 2.24) is 10.2 Å². The van der Waals surface area contributed by atoms with Crippen molar-refractivity contribution >= 4 is 0 Å². The first-order valence-electron chi connectivity index (χ1n) is 5.19. The summed E-state index contributed by atoms with van der Waals surface area (Å²) in [5.74, 6) is 2.58. The molecule has 2 unspecified atom stereocenters. The SMILES string of the molecule is C#CCNCC(C)N(C)C1CCOC1. The fourth-order valence-electron chi connectivity index (χ4n) is 1.70. The van der Waals surface area contributed by atoms with Gasteiger partial charge in [-0.1, -0.05) is 5.92 Å². The van der Waals surface area contributed by atoms with E-state index in [1.54, 1.807) is 0 Å². The lowest BCUT2D eigenvalue weighted by molar-refractivity contribution is 0.137. The highest BCUT2D eigenvalue weighted by Gasteiger charge is 2.23. The van der Waals surface area contributed by atoms with Crippen molar-refractivity contribution in [3.63, 3.8) is 0 Å². The maximum Gasteiger partial charge on any atom is 0.0622 e. The number of hydrogen-bond donors (Lipinski definition) is 1. The van der Waals surface area contributed by atoms with Crippen LogP contribution < -0.4 is 5.32 Å². The van der Waals surface area contributed by atoms with Gasteiger partial charge in [-0.2, -0.15) is 0 Å². The molecule has 0 aromatic carbocycles. The smallest absolute Gasteiger partial charge is 0.0622 e. The third-order valence-corrected chi connectivity index (χ3v) is 2.84. The molecule has 3 nitrogen and oxygen atoms in total. The van der Waals surface area contributed by atoms with E-state index in [0.29, 0.717) is 18.6 Å². The zero-order chi connectivity index (χ0) is 10.4. The summed E-state index contributed by atoms with van der Waals surface area (Å²) < 4.78 is 5.36. The van der Waals surface area contributed by atoms with Crippen LogP contribution in [0.4, 0.5) is 0 Å². The molecule has 1 aliphatic heterocycles. The first-order valence-corrected chi connectivity index (χ1v) is 5.19. The zero-order valence-electron chi connectivity index (χ0n) is 9.12. The van der Waals surface area contributed by atoms with E-state index in [-0.39, 0.29) is 0 Å². The molecule has 0 spiro atoms. The van der Waals surface area contributed by atoms with E-state index in [2.05, 4.69) is 30.1 Å². The van der Waals surface area contributed by atoms with Crippen LogP contribution in [0.1, 0.15) is 13.3 Å². The maximum absolute atomic E-state index is 5.36. The van der Waals surface area contributed by atoms with Crippen LogP contribution in [0.5, 0.6) is 0 Å². The summed E-state index contributed by atoms with van der Waals surface area (Å²) in [6, 6.07) is 1.09. The summed E-state index contributed by atoms with van der Waals surface area (Å²) in [6.45, 7) is 5.58. The van der Waals surface area contributed by atoms with Gasteiger partial charge < -0.3 is 10.1 Å². The molecular formula is C11H20N2O. The largest absolute Gasteiger partial charge is 0.380 e. The van der Waals surface area contributed by atoms with Crippen molar-refractivity contribution in [2.24, 2.45) is 0 Å². The topological polar surface area (TPSA) is 24.5 Å². The van der Waals surface area contributed by atoms with E-state index in [9.17, 15) is 0 Å². The van der Waals surface area contributed by atoms with Crippen molar-refractivity contribution in [3.05, 3.63) is 0 Å². The number of likely N-dealkylation sites (N-methyl/N-ethyl adjacent to an activating group) is 1. The Labute approximate surface area is 86.8 Å². The number of rotatable bonds is 5. The molecule has 2 atom stereocenters. The second-order valence-electron chi connectivity index (χ2n) is 3.87. The van der Waals surface area contributed by atoms with Crippen LogP contribution in [0.25, 0.3) is 0 Å². The molecule has 0 bridgehead atoms. The molecule has 3 heteroatoms. The van der Waals surface area contributed by atoms with E-state index >= 15 is 0 Å². The molecular weight excluding hydrogens is 176 g/mol. The summed E-state index contributed by atoms with van der Waals surface area (Å²) >= 11 is 0. The van der Waals surface area contributed by atoms with Gasteiger partial charge in [0.25, 0.3) is 0 Å². The fourth-order valence-corrected chi connectivity index (χ4v) is 1.70. The molecule has 0 saturated carbocycles. The Balaban J connectivity index is 2.21. The average molecular weight is 196 g/mol. The fraction of sp³-hybridized carbons (Fsp3) is 0.818. The van der Waals surface area contributed by atoms with E-state index in [1.165, 1.54) is 0 Å². The van der Waals surface area contributed by atoms with Gasteiger partial charge in [-0.3, -0.25) is 4.90 Å². The Morgan fingerprint density at radius 1 is 1.71 bits per heavy atom. The van der Waals surface area contributed by atoms with Crippen LogP contribution in [0, 0.1) is 12.3 Å². The maximum atomic E-state index is 5.36. The van der Waals surface area contributed by atoms with Crippen LogP contribution in [-0.2, 0) is 4.74 Å². The Bertz CT molecular complexity index is 194. The highest BCUT2D eigenvalue weighted by Crippen LogP contribution is 2.12. The van der Waals surface area contributed by atoms with Crippen molar-refractivity contribution in [1.29, 1.82) is 0 Å². The summed E-state index contributed by atoms with van der Waals surface area (Å²) in [6.07, 6.45) is 6.32. The molecule has 0 aromatic heterocycles. The van der Waals surface area contributed by atoms with Crippen LogP contribution in [0.2, 0.25) is 0 Å². The highest BCUT2D eigenvalue weighted by atomic mass is 16.5. The third-order valence-electron chi connectivity index (χ3n) is 2.84. The summed E-state index contributed by atoms with van der Waals surface area (Å²) in [5, 5.41) is 3.22. The van der Waals surface area contributed by atoms with Gasteiger partial charge in [-0.25, -0.2) is 0 Å². The van der Waals surface area contributed by atoms with Crippen molar-refractivity contribution in [2.75, 3.05) is 33.4 Å². The minimum absolute atomic E-state index is 0.509. The second kappa shape index (κ2) is 6.02. The van der Waals surface area contributed by atoms with Gasteiger partial charge in [-0.05, 0) is 20.4 Å². The van der Waals surface area contributed by atoms with E-state index in [4.69, 9.17) is 11.2 Å². The third kappa shape index (κ3) is 3.30. The van der Waals surface area contributed by atoms with Gasteiger partial charge in [0.05, 0.1) is 13.2 Å². The van der Waals surface area contributed by atoms with Crippen molar-refractivity contribution < 1.29 is 4.74 Å². The molecule has 1 N–H and O–H groups in total. The lowest BCUT2D eigenvalue weighted by Gasteiger charge is -2.29. The van der Waals surface area contributed by atoms with Gasteiger partial charge in [0.15, 0.2) is 0 Å². The number of ether oxygens (including phenoxy) is 1. The van der Waals surface area contributed by atoms with Crippen LogP contribution in [0.3, 0.4) is 0 Å². The van der Waals surface area contributed by atoms with Gasteiger partial charge in [0, 0.05) is 25.2 Å². The summed E-state index contributed by atoms with van der Waals surface area (Å²) in [4.78, 5) is 2.37. The average Bonchev–Trinajstić information content (AvgIpc) is 2.69. The Morgan fingerprint density at radius 3 is 3.07 bits per heavy atom. The Kier molecular flexibility index (Phi) is 4.95. The van der Waals surface area contributed by atoms with E-state index in [1.807, 2.05) is 0 Å². The normalized spacial score (nSPS) is 23.7. The van der Waals surface area contributed by atoms with Crippen LogP contribution in [-0.4, -0.2) is 50.3 Å². The van der Waals surface area contributed by atoms with Crippen molar-refractivity contribution in [2.45, 2.75) is 25.4 Å². The minimum atomic E-state index is 0.509. The lowest BCUT2D eigenvalue weighted by Crippen LogP contribution is -2.44. The van der Waals surface area contributed by atoms with Gasteiger partial charge >= 0.3 is 0 Å². The van der Waals surface area contributed by atoms with Crippen molar-refractivity contribution in [3.8, 4) is 12.3 Å². The minimum Gasteiger partial charge on any atom is -0.380 e. The van der Waals surface area contributed by atoms with Crippen LogP contribution in [0.15, 0.2) is 0 Å². The molecule has 14 heavy (non-hydrogen) atoms. The molecule has 0 radical (unpaired) electrons. The molecule has 1 rings (SSSR count). The molecule has 1 fully saturated rings. The predicted molar refractivity (Wildman–Crippen MR) is 58.2 cm³/mol. The summed E-state index contributed by atoms with van der Waals surface area (Å²) in [5.41, 5.74) is 0. The second-order valence-corrected chi connectivity index (χ2v) is 3.87. The number of nitrogens with zero attached hydrogens (tertiary/aromatic N) is 1. The predicted octanol–water partition coefficient (Wildman–Crippen LogP) is 0.318. The molecule has 1 heterocycles. The van der Waals surface area contributed by atoms with E-state index in [0.717, 1.165) is 26.2 Å². The van der Waals surface area contributed by atoms with Gasteiger partial charge in [0.2, 0.25) is 0 Å². The monoisotopic (exact) mass is 196 g/mol. The van der Waals surface area contributed by atoms with E-state index < -0.39 is 0 Å². The molecule has 1 aliphatic rings. The number of nitrogens with one attached hydrogen (secondary N) is 1. The molecule has 0 aromatic rings. The quantitative estimate of drug-likeness (QED) is 0.506. The highest BCUT2D eigenvalue weighted by molar-refractivity contribution is 4.87. The first-order chi connectivity index (χ1) is 6.75. The Hall–Kier alpha value is -0.560. The first kappa shape index (κ1) is 11.5. The number of hydrogen-bond acceptors (Lipinski definition) is 3. The zero-order valence-corrected chi connectivity index (χ0v) is 9.12. The molecule has 0 amide bonds. The standard InChI is InChI=1S/C11H20N2O/c1-4-6-12-8-10(2)13(3)11-5-7-14-9-11/h1,10-12H,5-9H2,2-3H3.